The second kappa shape index (κ2) is 10.2. The molecule has 0 radical (unpaired) electrons. The number of nitriles is 2. The molecule has 0 aliphatic carbocycles. The fourth-order valence-electron chi connectivity index (χ4n) is 2.70. The number of nitrogens with zero attached hydrogens (tertiary/aromatic N) is 5. The summed E-state index contributed by atoms with van der Waals surface area (Å²) in [5.74, 6) is 1.20. The summed E-state index contributed by atoms with van der Waals surface area (Å²) in [5.41, 5.74) is 8.39. The third-order valence-corrected chi connectivity index (χ3v) is 5.11. The minimum absolute atomic E-state index is 0.0774. The number of hydrogen-bond acceptors (Lipinski definition) is 9. The van der Waals surface area contributed by atoms with Gasteiger partial charge in [-0.2, -0.15) is 20.7 Å². The third kappa shape index (κ3) is 4.84. The zero-order chi connectivity index (χ0) is 21.3. The standard InChI is InChI=1S/C21H18N6O2S/c1-28-9-10-29-16-6-4-14(5-7-16)19-17(11-22)20(24)26-21(18(19)12-23)30-13-15-3-2-8-25-27-15/h2-8H,9-10,13H2,1H3,(H2,24,26). The number of nitrogen functional groups attached to an aromatic ring is 1. The quantitative estimate of drug-likeness (QED) is 0.433. The van der Waals surface area contributed by atoms with Crippen molar-refractivity contribution in [1.82, 2.24) is 15.2 Å². The summed E-state index contributed by atoms with van der Waals surface area (Å²) < 4.78 is 10.5. The molecule has 30 heavy (non-hydrogen) atoms. The molecule has 2 aromatic heterocycles. The molecule has 0 spiro atoms. The van der Waals surface area contributed by atoms with Crippen LogP contribution in [0.1, 0.15) is 16.8 Å². The van der Waals surface area contributed by atoms with Gasteiger partial charge >= 0.3 is 0 Å². The Kier molecular flexibility index (Phi) is 7.17. The van der Waals surface area contributed by atoms with E-state index in [0.29, 0.717) is 46.4 Å². The van der Waals surface area contributed by atoms with Crippen LogP contribution in [0.25, 0.3) is 11.1 Å². The molecule has 0 unspecified atom stereocenters. The first-order valence-corrected chi connectivity index (χ1v) is 9.91. The van der Waals surface area contributed by atoms with Gasteiger partial charge in [0.2, 0.25) is 0 Å². The molecular weight excluding hydrogens is 400 g/mol. The molecule has 8 nitrogen and oxygen atoms in total. The maximum absolute atomic E-state index is 9.85. The summed E-state index contributed by atoms with van der Waals surface area (Å²) in [7, 11) is 1.60. The van der Waals surface area contributed by atoms with E-state index in [4.69, 9.17) is 15.2 Å². The van der Waals surface area contributed by atoms with Gasteiger partial charge in [-0.25, -0.2) is 4.98 Å². The summed E-state index contributed by atoms with van der Waals surface area (Å²) in [4.78, 5) is 4.29. The van der Waals surface area contributed by atoms with E-state index in [9.17, 15) is 10.5 Å². The van der Waals surface area contributed by atoms with E-state index in [2.05, 4.69) is 27.3 Å². The van der Waals surface area contributed by atoms with Crippen LogP contribution < -0.4 is 10.5 Å². The number of nitrogens with two attached hydrogens (primary N) is 1. The van der Waals surface area contributed by atoms with Crippen molar-refractivity contribution in [3.05, 3.63) is 59.4 Å². The Morgan fingerprint density at radius 3 is 2.47 bits per heavy atom. The van der Waals surface area contributed by atoms with Gasteiger partial charge in [-0.1, -0.05) is 23.9 Å². The SMILES string of the molecule is COCCOc1ccc(-c2c(C#N)c(N)nc(SCc3cccnn3)c2C#N)cc1. The van der Waals surface area contributed by atoms with Crippen LogP contribution >= 0.6 is 11.8 Å². The zero-order valence-corrected chi connectivity index (χ0v) is 17.0. The van der Waals surface area contributed by atoms with Gasteiger partial charge in [0, 0.05) is 24.6 Å². The van der Waals surface area contributed by atoms with Crippen molar-refractivity contribution in [1.29, 1.82) is 10.5 Å². The number of benzene rings is 1. The van der Waals surface area contributed by atoms with Gasteiger partial charge in [0.05, 0.1) is 17.9 Å². The van der Waals surface area contributed by atoms with Crippen LogP contribution in [0.5, 0.6) is 5.75 Å². The molecule has 2 heterocycles. The molecule has 9 heteroatoms. The van der Waals surface area contributed by atoms with Crippen molar-refractivity contribution >= 4 is 17.6 Å². The van der Waals surface area contributed by atoms with Crippen LogP contribution in [0, 0.1) is 22.7 Å². The highest BCUT2D eigenvalue weighted by molar-refractivity contribution is 7.98. The summed E-state index contributed by atoms with van der Waals surface area (Å²) in [6.45, 7) is 0.903. The molecule has 0 aliphatic rings. The normalized spacial score (nSPS) is 10.2. The van der Waals surface area contributed by atoms with Crippen LogP contribution in [-0.2, 0) is 10.5 Å². The summed E-state index contributed by atoms with van der Waals surface area (Å²) in [5, 5.41) is 27.8. The van der Waals surface area contributed by atoms with Crippen LogP contribution in [0.3, 0.4) is 0 Å². The number of ether oxygens (including phenoxy) is 2. The Balaban J connectivity index is 1.97. The fourth-order valence-corrected chi connectivity index (χ4v) is 3.60. The summed E-state index contributed by atoms with van der Waals surface area (Å²) in [6.07, 6.45) is 1.59. The number of rotatable bonds is 8. The van der Waals surface area contributed by atoms with E-state index in [1.54, 1.807) is 43.6 Å². The van der Waals surface area contributed by atoms with Crippen molar-refractivity contribution in [2.24, 2.45) is 0 Å². The molecule has 0 atom stereocenters. The van der Waals surface area contributed by atoms with Crippen LogP contribution in [0.15, 0.2) is 47.6 Å². The average Bonchev–Trinajstić information content (AvgIpc) is 2.78. The molecule has 0 saturated heterocycles. The largest absolute Gasteiger partial charge is 0.491 e. The third-order valence-electron chi connectivity index (χ3n) is 4.10. The van der Waals surface area contributed by atoms with Gasteiger partial charge in [-0.15, -0.1) is 0 Å². The van der Waals surface area contributed by atoms with Crippen molar-refractivity contribution in [2.75, 3.05) is 26.1 Å². The number of pyridine rings is 1. The maximum atomic E-state index is 9.85. The van der Waals surface area contributed by atoms with Crippen LogP contribution in [-0.4, -0.2) is 35.5 Å². The molecule has 3 rings (SSSR count). The lowest BCUT2D eigenvalue weighted by Gasteiger charge is -2.13. The number of anilines is 1. The second-order valence-corrected chi connectivity index (χ2v) is 6.98. The predicted octanol–water partition coefficient (Wildman–Crippen LogP) is 3.18. The number of methoxy groups -OCH3 is 1. The molecule has 150 valence electrons. The van der Waals surface area contributed by atoms with E-state index in [0.717, 1.165) is 5.69 Å². The van der Waals surface area contributed by atoms with Crippen molar-refractivity contribution in [2.45, 2.75) is 10.8 Å². The summed E-state index contributed by atoms with van der Waals surface area (Å²) in [6, 6.07) is 15.0. The Bertz CT molecular complexity index is 1090. The van der Waals surface area contributed by atoms with E-state index in [-0.39, 0.29) is 11.4 Å². The van der Waals surface area contributed by atoms with Crippen molar-refractivity contribution in [3.63, 3.8) is 0 Å². The first-order chi connectivity index (χ1) is 14.7. The second-order valence-electron chi connectivity index (χ2n) is 6.02. The Hall–Kier alpha value is -3.66. The lowest BCUT2D eigenvalue weighted by molar-refractivity contribution is 0.146. The van der Waals surface area contributed by atoms with Crippen LogP contribution in [0.2, 0.25) is 0 Å². The highest BCUT2D eigenvalue weighted by Crippen LogP contribution is 2.36. The van der Waals surface area contributed by atoms with E-state index in [1.165, 1.54) is 11.8 Å². The monoisotopic (exact) mass is 418 g/mol. The molecule has 3 aromatic rings. The zero-order valence-electron chi connectivity index (χ0n) is 16.2. The lowest BCUT2D eigenvalue weighted by Crippen LogP contribution is -2.05. The molecule has 0 bridgehead atoms. The molecule has 2 N–H and O–H groups in total. The first kappa shape index (κ1) is 21.1. The lowest BCUT2D eigenvalue weighted by atomic mass is 9.97. The number of thioether (sulfide) groups is 1. The van der Waals surface area contributed by atoms with E-state index in [1.807, 2.05) is 6.07 Å². The Labute approximate surface area is 178 Å². The van der Waals surface area contributed by atoms with Crippen molar-refractivity contribution in [3.8, 4) is 29.0 Å². The van der Waals surface area contributed by atoms with Gasteiger partial charge in [-0.05, 0) is 29.8 Å². The van der Waals surface area contributed by atoms with E-state index >= 15 is 0 Å². The van der Waals surface area contributed by atoms with E-state index < -0.39 is 0 Å². The van der Waals surface area contributed by atoms with Gasteiger partial charge < -0.3 is 15.2 Å². The highest BCUT2D eigenvalue weighted by atomic mass is 32.2. The fraction of sp³-hybridized carbons (Fsp3) is 0.190. The van der Waals surface area contributed by atoms with Crippen molar-refractivity contribution < 1.29 is 9.47 Å². The maximum Gasteiger partial charge on any atom is 0.143 e. The smallest absolute Gasteiger partial charge is 0.143 e. The first-order valence-electron chi connectivity index (χ1n) is 8.93. The van der Waals surface area contributed by atoms with Gasteiger partial charge in [0.1, 0.15) is 40.9 Å². The molecule has 1 aromatic carbocycles. The van der Waals surface area contributed by atoms with Gasteiger partial charge in [0.25, 0.3) is 0 Å². The Morgan fingerprint density at radius 1 is 1.07 bits per heavy atom. The predicted molar refractivity (Wildman–Crippen MR) is 112 cm³/mol. The molecule has 0 fully saturated rings. The molecular formula is C21H18N6O2S. The van der Waals surface area contributed by atoms with Gasteiger partial charge in [-0.3, -0.25) is 0 Å². The van der Waals surface area contributed by atoms with Crippen LogP contribution in [0.4, 0.5) is 5.82 Å². The average molecular weight is 418 g/mol. The minimum Gasteiger partial charge on any atom is -0.491 e. The minimum atomic E-state index is 0.0774. The molecule has 0 saturated carbocycles. The topological polar surface area (TPSA) is 131 Å². The number of aromatic nitrogens is 3. The highest BCUT2D eigenvalue weighted by Gasteiger charge is 2.20. The summed E-state index contributed by atoms with van der Waals surface area (Å²) >= 11 is 1.32. The Morgan fingerprint density at radius 2 is 1.83 bits per heavy atom. The number of hydrogen-bond donors (Lipinski definition) is 1. The molecule has 0 aliphatic heterocycles. The van der Waals surface area contributed by atoms with Gasteiger partial charge in [0.15, 0.2) is 0 Å². The molecule has 0 amide bonds.